The molecule has 0 saturated heterocycles. The Kier molecular flexibility index (Phi) is 7.03. The quantitative estimate of drug-likeness (QED) is 0.284. The van der Waals surface area contributed by atoms with Crippen molar-refractivity contribution in [1.82, 2.24) is 24.5 Å². The first-order valence-electron chi connectivity index (χ1n) is 9.59. The Morgan fingerprint density at radius 3 is 2.41 bits per heavy atom. The molecule has 0 amide bonds. The summed E-state index contributed by atoms with van der Waals surface area (Å²) in [4.78, 5) is 9.67. The van der Waals surface area contributed by atoms with Crippen LogP contribution >= 0.6 is 11.6 Å². The number of hydrogen-bond donors (Lipinski definition) is 2. The normalized spacial score (nSPS) is 13.1. The van der Waals surface area contributed by atoms with Crippen LogP contribution in [0.2, 0.25) is 5.15 Å². The van der Waals surface area contributed by atoms with Crippen LogP contribution in [0.5, 0.6) is 0 Å². The Hall–Kier alpha value is -2.73. The Morgan fingerprint density at radius 2 is 1.81 bits per heavy atom. The summed E-state index contributed by atoms with van der Waals surface area (Å²) in [6.45, 7) is 2.11. The van der Waals surface area contributed by atoms with Crippen molar-refractivity contribution in [3.8, 4) is 11.1 Å². The number of benzene rings is 1. The highest BCUT2D eigenvalue weighted by Crippen LogP contribution is 2.39. The first-order valence-corrected chi connectivity index (χ1v) is 9.97. The number of alkyl halides is 3. The average molecular weight is 478 g/mol. The minimum atomic E-state index is -4.64. The first-order chi connectivity index (χ1) is 15.0. The van der Waals surface area contributed by atoms with Crippen molar-refractivity contribution in [3.05, 3.63) is 35.2 Å². The van der Waals surface area contributed by atoms with E-state index in [1.165, 1.54) is 0 Å². The lowest BCUT2D eigenvalue weighted by molar-refractivity contribution is -0.138. The average Bonchev–Trinajstić information content (AvgIpc) is 3.13. The van der Waals surface area contributed by atoms with Crippen molar-refractivity contribution in [2.24, 2.45) is 0 Å². The highest BCUT2D eigenvalue weighted by Gasteiger charge is 2.37. The molecule has 2 heterocycles. The van der Waals surface area contributed by atoms with Gasteiger partial charge in [-0.2, -0.15) is 32.8 Å². The van der Waals surface area contributed by atoms with Gasteiger partial charge in [-0.25, -0.2) is 8.78 Å². The fraction of sp³-hybridized carbons (Fsp3) is 0.421. The van der Waals surface area contributed by atoms with Gasteiger partial charge in [0, 0.05) is 12.2 Å². The number of anilines is 2. The van der Waals surface area contributed by atoms with Crippen molar-refractivity contribution in [1.29, 1.82) is 0 Å². The fourth-order valence-electron chi connectivity index (χ4n) is 3.00. The number of rotatable bonds is 8. The van der Waals surface area contributed by atoms with E-state index >= 15 is 8.78 Å². The molecule has 0 spiro atoms. The SMILES string of the molecule is CC(Nc1c(-c2c(F)cc(NCCCN(C)C)cc2F)c(Cl)nc2ncnn12)C(F)(F)F. The maximum absolute atomic E-state index is 15.0. The highest BCUT2D eigenvalue weighted by molar-refractivity contribution is 6.33. The zero-order valence-corrected chi connectivity index (χ0v) is 18.2. The summed E-state index contributed by atoms with van der Waals surface area (Å²) in [5, 5.41) is 8.51. The molecule has 0 radical (unpaired) electrons. The molecule has 3 rings (SSSR count). The molecule has 1 unspecified atom stereocenters. The fourth-order valence-corrected chi connectivity index (χ4v) is 3.26. The molecular formula is C19H21ClF5N7. The second-order valence-electron chi connectivity index (χ2n) is 7.40. The molecular weight excluding hydrogens is 457 g/mol. The van der Waals surface area contributed by atoms with Crippen LogP contribution in [0.4, 0.5) is 33.5 Å². The maximum Gasteiger partial charge on any atom is 0.408 e. The third-order valence-electron chi connectivity index (χ3n) is 4.63. The van der Waals surface area contributed by atoms with Gasteiger partial charge in [0.2, 0.25) is 0 Å². The van der Waals surface area contributed by atoms with Crippen molar-refractivity contribution in [2.75, 3.05) is 37.8 Å². The van der Waals surface area contributed by atoms with Gasteiger partial charge in [0.05, 0.1) is 11.1 Å². The van der Waals surface area contributed by atoms with Crippen LogP contribution in [0.3, 0.4) is 0 Å². The molecule has 0 fully saturated rings. The van der Waals surface area contributed by atoms with Gasteiger partial charge in [-0.1, -0.05) is 11.6 Å². The summed E-state index contributed by atoms with van der Waals surface area (Å²) in [5.41, 5.74) is -0.836. The standard InChI is InChI=1S/C19H21ClF5N7/c1-10(19(23,24)25)29-17-15(16(20)30-18-27-9-28-32(17)18)14-12(21)7-11(8-13(14)22)26-5-4-6-31(2)3/h7-10,26,29H,4-6H2,1-3H3. The summed E-state index contributed by atoms with van der Waals surface area (Å²) in [7, 11) is 3.81. The van der Waals surface area contributed by atoms with Crippen LogP contribution in [0.1, 0.15) is 13.3 Å². The molecule has 2 aromatic heterocycles. The molecule has 0 aliphatic heterocycles. The van der Waals surface area contributed by atoms with E-state index < -0.39 is 40.1 Å². The molecule has 13 heteroatoms. The molecule has 1 atom stereocenters. The molecule has 0 aliphatic rings. The minimum absolute atomic E-state index is 0.129. The predicted octanol–water partition coefficient (Wildman–Crippen LogP) is 4.45. The van der Waals surface area contributed by atoms with E-state index in [4.69, 9.17) is 11.6 Å². The lowest BCUT2D eigenvalue weighted by atomic mass is 10.0. The zero-order chi connectivity index (χ0) is 23.6. The largest absolute Gasteiger partial charge is 0.408 e. The van der Waals surface area contributed by atoms with Crippen molar-refractivity contribution in [3.63, 3.8) is 0 Å². The second kappa shape index (κ2) is 9.41. The Labute approximate surface area is 185 Å². The van der Waals surface area contributed by atoms with Gasteiger partial charge in [-0.15, -0.1) is 0 Å². The van der Waals surface area contributed by atoms with Gasteiger partial charge in [0.1, 0.15) is 35.0 Å². The number of fused-ring (bicyclic) bond motifs is 1. The molecule has 174 valence electrons. The van der Waals surface area contributed by atoms with Crippen molar-refractivity contribution >= 4 is 28.9 Å². The first kappa shape index (κ1) is 23.9. The van der Waals surface area contributed by atoms with Crippen LogP contribution in [-0.2, 0) is 0 Å². The van der Waals surface area contributed by atoms with E-state index in [0.717, 1.165) is 42.9 Å². The molecule has 0 saturated carbocycles. The topological polar surface area (TPSA) is 70.4 Å². The van der Waals surface area contributed by atoms with E-state index in [1.54, 1.807) is 0 Å². The second-order valence-corrected chi connectivity index (χ2v) is 7.76. The van der Waals surface area contributed by atoms with Crippen LogP contribution in [0.15, 0.2) is 18.5 Å². The summed E-state index contributed by atoms with van der Waals surface area (Å²) >= 11 is 6.15. The third-order valence-corrected chi connectivity index (χ3v) is 4.90. The molecule has 0 aliphatic carbocycles. The predicted molar refractivity (Wildman–Crippen MR) is 112 cm³/mol. The number of halogens is 6. The Balaban J connectivity index is 2.05. The highest BCUT2D eigenvalue weighted by atomic mass is 35.5. The van der Waals surface area contributed by atoms with Crippen LogP contribution in [0.25, 0.3) is 16.9 Å². The summed E-state index contributed by atoms with van der Waals surface area (Å²) in [6.07, 6.45) is -2.86. The smallest absolute Gasteiger partial charge is 0.385 e. The molecule has 1 aromatic carbocycles. The van der Waals surface area contributed by atoms with E-state index in [9.17, 15) is 13.2 Å². The van der Waals surface area contributed by atoms with Crippen molar-refractivity contribution in [2.45, 2.75) is 25.6 Å². The molecule has 3 aromatic rings. The van der Waals surface area contributed by atoms with Crippen LogP contribution < -0.4 is 10.6 Å². The summed E-state index contributed by atoms with van der Waals surface area (Å²) in [6, 6.07) is 0.0238. The van der Waals surface area contributed by atoms with E-state index in [0.29, 0.717) is 6.54 Å². The number of nitrogens with one attached hydrogen (secondary N) is 2. The van der Waals surface area contributed by atoms with Gasteiger partial charge in [-0.05, 0) is 46.1 Å². The monoisotopic (exact) mass is 477 g/mol. The molecule has 0 bridgehead atoms. The van der Waals surface area contributed by atoms with Gasteiger partial charge in [0.25, 0.3) is 5.78 Å². The summed E-state index contributed by atoms with van der Waals surface area (Å²) < 4.78 is 70.5. The molecule has 7 nitrogen and oxygen atoms in total. The third kappa shape index (κ3) is 5.18. The van der Waals surface area contributed by atoms with Crippen LogP contribution in [0, 0.1) is 11.6 Å². The van der Waals surface area contributed by atoms with Crippen LogP contribution in [-0.4, -0.2) is 63.9 Å². The van der Waals surface area contributed by atoms with E-state index in [2.05, 4.69) is 25.7 Å². The van der Waals surface area contributed by atoms with E-state index in [-0.39, 0.29) is 17.3 Å². The number of aromatic nitrogens is 4. The zero-order valence-electron chi connectivity index (χ0n) is 17.4. The maximum atomic E-state index is 15.0. The van der Waals surface area contributed by atoms with E-state index in [1.807, 2.05) is 19.0 Å². The lowest BCUT2D eigenvalue weighted by Gasteiger charge is -2.22. The minimum Gasteiger partial charge on any atom is -0.385 e. The van der Waals surface area contributed by atoms with Gasteiger partial charge in [-0.3, -0.25) is 0 Å². The lowest BCUT2D eigenvalue weighted by Crippen LogP contribution is -2.34. The molecule has 32 heavy (non-hydrogen) atoms. The van der Waals surface area contributed by atoms with Crippen molar-refractivity contribution < 1.29 is 22.0 Å². The number of hydrogen-bond acceptors (Lipinski definition) is 6. The van der Waals surface area contributed by atoms with Gasteiger partial charge >= 0.3 is 6.18 Å². The Bertz CT molecular complexity index is 1080. The number of nitrogens with zero attached hydrogens (tertiary/aromatic N) is 5. The van der Waals surface area contributed by atoms with Gasteiger partial charge < -0.3 is 15.5 Å². The Morgan fingerprint density at radius 1 is 1.16 bits per heavy atom. The van der Waals surface area contributed by atoms with Gasteiger partial charge in [0.15, 0.2) is 0 Å². The summed E-state index contributed by atoms with van der Waals surface area (Å²) in [5.74, 6) is -2.56. The molecule has 2 N–H and O–H groups in total.